The second kappa shape index (κ2) is 3.72. The van der Waals surface area contributed by atoms with E-state index in [1.165, 1.54) is 11.4 Å². The second-order valence-electron chi connectivity index (χ2n) is 4.49. The molecule has 15 heavy (non-hydrogen) atoms. The van der Waals surface area contributed by atoms with Crippen LogP contribution in [-0.2, 0) is 4.79 Å². The molecular weight excluding hydrogens is 190 g/mol. The highest BCUT2D eigenvalue weighted by molar-refractivity contribution is 5.70. The zero-order valence-corrected chi connectivity index (χ0v) is 9.23. The number of carbonyl (C=O) groups is 1. The number of rotatable bonds is 2. The predicted molar refractivity (Wildman–Crippen MR) is 57.9 cm³/mol. The fourth-order valence-corrected chi connectivity index (χ4v) is 2.67. The summed E-state index contributed by atoms with van der Waals surface area (Å²) in [5.74, 6) is -0.781. The molecule has 82 valence electrons. The van der Waals surface area contributed by atoms with Gasteiger partial charge in [0, 0.05) is 17.4 Å². The maximum atomic E-state index is 10.9. The number of aliphatic carboxylic acids is 1. The van der Waals surface area contributed by atoms with Crippen molar-refractivity contribution in [1.82, 2.24) is 4.57 Å². The number of carboxylic acids is 1. The summed E-state index contributed by atoms with van der Waals surface area (Å²) in [5, 5.41) is 8.96. The SMILES string of the molecule is Cc1ccc(C)n1[C@H]1CC[C@@H](C(=O)O)C1. The van der Waals surface area contributed by atoms with Crippen molar-refractivity contribution in [2.75, 3.05) is 0 Å². The van der Waals surface area contributed by atoms with Crippen molar-refractivity contribution in [2.45, 2.75) is 39.2 Å². The highest BCUT2D eigenvalue weighted by Crippen LogP contribution is 2.36. The van der Waals surface area contributed by atoms with Gasteiger partial charge < -0.3 is 9.67 Å². The Morgan fingerprint density at radius 2 is 1.93 bits per heavy atom. The van der Waals surface area contributed by atoms with Gasteiger partial charge in [-0.2, -0.15) is 0 Å². The summed E-state index contributed by atoms with van der Waals surface area (Å²) in [6.07, 6.45) is 2.59. The number of hydrogen-bond donors (Lipinski definition) is 1. The standard InChI is InChI=1S/C12H17NO2/c1-8-3-4-9(2)13(8)11-6-5-10(7-11)12(14)15/h3-4,10-11H,5-7H2,1-2H3,(H,14,15)/t10-,11+/m1/s1. The summed E-state index contributed by atoms with van der Waals surface area (Å²) >= 11 is 0. The lowest BCUT2D eigenvalue weighted by Gasteiger charge is -2.17. The maximum absolute atomic E-state index is 10.9. The third-order valence-corrected chi connectivity index (χ3v) is 3.45. The molecule has 0 aromatic carbocycles. The first-order valence-corrected chi connectivity index (χ1v) is 5.47. The quantitative estimate of drug-likeness (QED) is 0.809. The van der Waals surface area contributed by atoms with E-state index < -0.39 is 5.97 Å². The molecule has 2 atom stereocenters. The molecule has 0 saturated heterocycles. The summed E-state index contributed by atoms with van der Waals surface area (Å²) < 4.78 is 2.28. The molecule has 0 aliphatic heterocycles. The monoisotopic (exact) mass is 207 g/mol. The Labute approximate surface area is 89.7 Å². The van der Waals surface area contributed by atoms with Crippen LogP contribution in [0.15, 0.2) is 12.1 Å². The molecule has 1 aliphatic rings. The fourth-order valence-electron chi connectivity index (χ4n) is 2.67. The normalized spacial score (nSPS) is 25.7. The van der Waals surface area contributed by atoms with Crippen LogP contribution in [0.25, 0.3) is 0 Å². The van der Waals surface area contributed by atoms with Gasteiger partial charge in [0.25, 0.3) is 0 Å². The van der Waals surface area contributed by atoms with Gasteiger partial charge in [0.15, 0.2) is 0 Å². The van der Waals surface area contributed by atoms with Crippen molar-refractivity contribution in [3.8, 4) is 0 Å². The van der Waals surface area contributed by atoms with Gasteiger partial charge in [0.1, 0.15) is 0 Å². The van der Waals surface area contributed by atoms with Crippen molar-refractivity contribution in [1.29, 1.82) is 0 Å². The van der Waals surface area contributed by atoms with E-state index in [0.717, 1.165) is 19.3 Å². The topological polar surface area (TPSA) is 42.2 Å². The average Bonchev–Trinajstić information content (AvgIpc) is 2.73. The van der Waals surface area contributed by atoms with Gasteiger partial charge in [0.05, 0.1) is 5.92 Å². The highest BCUT2D eigenvalue weighted by Gasteiger charge is 2.31. The smallest absolute Gasteiger partial charge is 0.306 e. The highest BCUT2D eigenvalue weighted by atomic mass is 16.4. The lowest BCUT2D eigenvalue weighted by molar-refractivity contribution is -0.141. The molecule has 0 bridgehead atoms. The van der Waals surface area contributed by atoms with Crippen molar-refractivity contribution in [2.24, 2.45) is 5.92 Å². The van der Waals surface area contributed by atoms with Crippen LogP contribution in [0.4, 0.5) is 0 Å². The lowest BCUT2D eigenvalue weighted by atomic mass is 10.1. The molecule has 1 heterocycles. The Morgan fingerprint density at radius 1 is 1.33 bits per heavy atom. The number of hydrogen-bond acceptors (Lipinski definition) is 1. The van der Waals surface area contributed by atoms with Gasteiger partial charge in [-0.1, -0.05) is 0 Å². The van der Waals surface area contributed by atoms with Crippen LogP contribution in [0.1, 0.15) is 36.7 Å². The minimum atomic E-state index is -0.639. The van der Waals surface area contributed by atoms with Gasteiger partial charge in [-0.05, 0) is 45.2 Å². The minimum Gasteiger partial charge on any atom is -0.481 e. The number of aromatic nitrogens is 1. The van der Waals surface area contributed by atoms with Crippen LogP contribution in [-0.4, -0.2) is 15.6 Å². The van der Waals surface area contributed by atoms with Gasteiger partial charge >= 0.3 is 5.97 Å². The molecule has 1 fully saturated rings. The lowest BCUT2D eigenvalue weighted by Crippen LogP contribution is -2.12. The molecule has 3 heteroatoms. The molecule has 0 unspecified atom stereocenters. The first-order valence-electron chi connectivity index (χ1n) is 5.47. The molecule has 0 radical (unpaired) electrons. The Morgan fingerprint density at radius 3 is 2.40 bits per heavy atom. The van der Waals surface area contributed by atoms with Crippen LogP contribution in [0.2, 0.25) is 0 Å². The molecule has 1 N–H and O–H groups in total. The van der Waals surface area contributed by atoms with Gasteiger partial charge in [-0.3, -0.25) is 4.79 Å². The van der Waals surface area contributed by atoms with Crippen LogP contribution in [0.3, 0.4) is 0 Å². The van der Waals surface area contributed by atoms with E-state index >= 15 is 0 Å². The minimum absolute atomic E-state index is 0.142. The Bertz CT molecular complexity index is 361. The van der Waals surface area contributed by atoms with E-state index in [2.05, 4.69) is 30.5 Å². The number of carboxylic acid groups (broad SMARTS) is 1. The maximum Gasteiger partial charge on any atom is 0.306 e. The Kier molecular flexibility index (Phi) is 2.55. The number of nitrogens with zero attached hydrogens (tertiary/aromatic N) is 1. The van der Waals surface area contributed by atoms with Crippen molar-refractivity contribution < 1.29 is 9.90 Å². The predicted octanol–water partition coefficient (Wildman–Crippen LogP) is 2.53. The molecule has 1 aromatic heterocycles. The van der Waals surface area contributed by atoms with Gasteiger partial charge in [0.2, 0.25) is 0 Å². The third kappa shape index (κ3) is 1.78. The van der Waals surface area contributed by atoms with E-state index in [4.69, 9.17) is 5.11 Å². The van der Waals surface area contributed by atoms with E-state index in [1.807, 2.05) is 0 Å². The molecule has 1 aliphatic carbocycles. The Hall–Kier alpha value is -1.25. The van der Waals surface area contributed by atoms with Crippen molar-refractivity contribution in [3.05, 3.63) is 23.5 Å². The van der Waals surface area contributed by atoms with Crippen LogP contribution in [0, 0.1) is 19.8 Å². The largest absolute Gasteiger partial charge is 0.481 e. The zero-order valence-electron chi connectivity index (χ0n) is 9.23. The summed E-state index contributed by atoms with van der Waals surface area (Å²) in [6.45, 7) is 4.17. The molecule has 2 rings (SSSR count). The molecular formula is C12H17NO2. The molecule has 1 saturated carbocycles. The van der Waals surface area contributed by atoms with Gasteiger partial charge in [-0.15, -0.1) is 0 Å². The first kappa shape index (κ1) is 10.3. The number of aryl methyl sites for hydroxylation is 2. The zero-order chi connectivity index (χ0) is 11.0. The van der Waals surface area contributed by atoms with Crippen molar-refractivity contribution in [3.63, 3.8) is 0 Å². The van der Waals surface area contributed by atoms with Crippen molar-refractivity contribution >= 4 is 5.97 Å². The summed E-state index contributed by atoms with van der Waals surface area (Å²) in [7, 11) is 0. The summed E-state index contributed by atoms with van der Waals surface area (Å²) in [4.78, 5) is 10.9. The van der Waals surface area contributed by atoms with Crippen LogP contribution < -0.4 is 0 Å². The first-order chi connectivity index (χ1) is 7.09. The third-order valence-electron chi connectivity index (χ3n) is 3.45. The molecule has 0 spiro atoms. The summed E-state index contributed by atoms with van der Waals surface area (Å²) in [6, 6.07) is 4.59. The van der Waals surface area contributed by atoms with Crippen LogP contribution >= 0.6 is 0 Å². The fraction of sp³-hybridized carbons (Fsp3) is 0.583. The van der Waals surface area contributed by atoms with Crippen LogP contribution in [0.5, 0.6) is 0 Å². The average molecular weight is 207 g/mol. The second-order valence-corrected chi connectivity index (χ2v) is 4.49. The van der Waals surface area contributed by atoms with Gasteiger partial charge in [-0.25, -0.2) is 0 Å². The van der Waals surface area contributed by atoms with E-state index in [0.29, 0.717) is 6.04 Å². The molecule has 3 nitrogen and oxygen atoms in total. The molecule has 0 amide bonds. The van der Waals surface area contributed by atoms with E-state index in [1.54, 1.807) is 0 Å². The summed E-state index contributed by atoms with van der Waals surface area (Å²) in [5.41, 5.74) is 2.48. The van der Waals surface area contributed by atoms with E-state index in [9.17, 15) is 4.79 Å². The molecule has 1 aromatic rings. The Balaban J connectivity index is 2.17. The van der Waals surface area contributed by atoms with E-state index in [-0.39, 0.29) is 5.92 Å².